The van der Waals surface area contributed by atoms with Gasteiger partial charge in [0.25, 0.3) is 0 Å². The van der Waals surface area contributed by atoms with E-state index >= 15 is 0 Å². The van der Waals surface area contributed by atoms with Crippen LogP contribution in [0, 0.1) is 6.92 Å². The zero-order valence-corrected chi connectivity index (χ0v) is 17.6. The predicted molar refractivity (Wildman–Crippen MR) is 113 cm³/mol. The second-order valence-corrected chi connectivity index (χ2v) is 7.29. The Morgan fingerprint density at radius 2 is 2.00 bits per heavy atom. The molecule has 0 amide bonds. The molecular weight excluding hydrogens is 354 g/mol. The molecule has 0 aliphatic heterocycles. The Hall–Kier alpha value is -2.24. The largest absolute Gasteiger partial charge is 0.490 e. The van der Waals surface area contributed by atoms with E-state index in [1.807, 2.05) is 0 Å². The van der Waals surface area contributed by atoms with Crippen LogP contribution in [-0.4, -0.2) is 38.2 Å². The summed E-state index contributed by atoms with van der Waals surface area (Å²) in [5.41, 5.74) is 2.32. The van der Waals surface area contributed by atoms with Gasteiger partial charge in [-0.1, -0.05) is 12.1 Å². The molecule has 0 atom stereocenters. The number of carbonyl (C=O) groups is 1. The predicted octanol–water partition coefficient (Wildman–Crippen LogP) is 3.71. The Morgan fingerprint density at radius 1 is 1.21 bits per heavy atom. The number of nitrogens with zero attached hydrogens (tertiary/aromatic N) is 1. The molecule has 0 heterocycles. The molecule has 156 valence electrons. The number of unbranched alkanes of at least 4 members (excludes halogenated alkanes) is 1. The van der Waals surface area contributed by atoms with E-state index in [9.17, 15) is 4.79 Å². The van der Waals surface area contributed by atoms with Gasteiger partial charge in [0.2, 0.25) is 0 Å². The summed E-state index contributed by atoms with van der Waals surface area (Å²) in [6.45, 7) is 6.28. The molecule has 28 heavy (non-hydrogen) atoms. The Labute approximate surface area is 169 Å². The minimum absolute atomic E-state index is 0.158. The van der Waals surface area contributed by atoms with E-state index in [4.69, 9.17) is 9.73 Å². The molecule has 1 aromatic rings. The molecule has 1 aromatic carbocycles. The fourth-order valence-corrected chi connectivity index (χ4v) is 3.30. The highest BCUT2D eigenvalue weighted by Gasteiger charge is 2.18. The highest BCUT2D eigenvalue weighted by molar-refractivity contribution is 5.79. The van der Waals surface area contributed by atoms with Gasteiger partial charge < -0.3 is 20.1 Å². The van der Waals surface area contributed by atoms with Crippen LogP contribution in [-0.2, 0) is 16.1 Å². The van der Waals surface area contributed by atoms with E-state index in [1.165, 1.54) is 25.5 Å². The summed E-state index contributed by atoms with van der Waals surface area (Å²) >= 11 is 0. The molecule has 0 spiro atoms. The van der Waals surface area contributed by atoms with Crippen LogP contribution in [0.5, 0.6) is 5.75 Å². The molecule has 1 fully saturated rings. The van der Waals surface area contributed by atoms with E-state index < -0.39 is 0 Å². The van der Waals surface area contributed by atoms with Gasteiger partial charge in [-0.2, -0.15) is 0 Å². The molecule has 0 radical (unpaired) electrons. The van der Waals surface area contributed by atoms with Crippen LogP contribution in [0.3, 0.4) is 0 Å². The average Bonchev–Trinajstić information content (AvgIpc) is 3.19. The number of carbonyl (C=O) groups excluding carboxylic acids is 1. The van der Waals surface area contributed by atoms with Crippen LogP contribution in [0.1, 0.15) is 63.0 Å². The lowest BCUT2D eigenvalue weighted by atomic mass is 10.1. The van der Waals surface area contributed by atoms with Crippen LogP contribution < -0.4 is 15.4 Å². The van der Waals surface area contributed by atoms with Crippen molar-refractivity contribution < 1.29 is 14.3 Å². The van der Waals surface area contributed by atoms with E-state index in [0.717, 1.165) is 56.0 Å². The van der Waals surface area contributed by atoms with Crippen molar-refractivity contribution in [3.05, 3.63) is 29.3 Å². The molecule has 1 saturated carbocycles. The van der Waals surface area contributed by atoms with Crippen LogP contribution in [0.15, 0.2) is 23.2 Å². The quantitative estimate of drug-likeness (QED) is 0.276. The van der Waals surface area contributed by atoms with Gasteiger partial charge >= 0.3 is 5.97 Å². The monoisotopic (exact) mass is 389 g/mol. The second-order valence-electron chi connectivity index (χ2n) is 7.29. The maximum atomic E-state index is 11.2. The van der Waals surface area contributed by atoms with E-state index in [0.29, 0.717) is 19.1 Å². The number of hydrogen-bond donors (Lipinski definition) is 2. The topological polar surface area (TPSA) is 72.0 Å². The zero-order chi connectivity index (χ0) is 20.2. The highest BCUT2D eigenvalue weighted by Crippen LogP contribution is 2.28. The van der Waals surface area contributed by atoms with Gasteiger partial charge in [-0.05, 0) is 64.0 Å². The SMILES string of the molecule is CCNC(=NCc1ccc(C)cc1OC1CCCC1)NCCCCC(=O)OC. The van der Waals surface area contributed by atoms with Gasteiger partial charge in [-0.3, -0.25) is 4.79 Å². The number of methoxy groups -OCH3 is 1. The lowest BCUT2D eigenvalue weighted by Crippen LogP contribution is -2.37. The average molecular weight is 390 g/mol. The summed E-state index contributed by atoms with van der Waals surface area (Å²) in [5.74, 6) is 1.59. The third kappa shape index (κ3) is 7.79. The molecule has 1 aliphatic carbocycles. The van der Waals surface area contributed by atoms with Crippen LogP contribution in [0.2, 0.25) is 0 Å². The molecule has 0 bridgehead atoms. The summed E-state index contributed by atoms with van der Waals surface area (Å²) in [7, 11) is 1.42. The van der Waals surface area contributed by atoms with Crippen molar-refractivity contribution in [1.29, 1.82) is 0 Å². The molecule has 0 saturated heterocycles. The number of guanidine groups is 1. The number of esters is 1. The maximum absolute atomic E-state index is 11.2. The highest BCUT2D eigenvalue weighted by atomic mass is 16.5. The van der Waals surface area contributed by atoms with Crippen molar-refractivity contribution >= 4 is 11.9 Å². The van der Waals surface area contributed by atoms with Gasteiger partial charge in [0.1, 0.15) is 5.75 Å². The maximum Gasteiger partial charge on any atom is 0.305 e. The Kier molecular flexibility index (Phi) is 9.66. The Bertz CT molecular complexity index is 640. The third-order valence-electron chi connectivity index (χ3n) is 4.90. The number of hydrogen-bond acceptors (Lipinski definition) is 4. The summed E-state index contributed by atoms with van der Waals surface area (Å²) in [4.78, 5) is 15.9. The lowest BCUT2D eigenvalue weighted by Gasteiger charge is -2.17. The van der Waals surface area contributed by atoms with Gasteiger partial charge in [0, 0.05) is 25.1 Å². The first-order chi connectivity index (χ1) is 13.6. The Balaban J connectivity index is 1.90. The van der Waals surface area contributed by atoms with Crippen LogP contribution in [0.4, 0.5) is 0 Å². The van der Waals surface area contributed by atoms with Gasteiger partial charge in [-0.15, -0.1) is 0 Å². The molecule has 2 N–H and O–H groups in total. The van der Waals surface area contributed by atoms with Crippen molar-refractivity contribution in [1.82, 2.24) is 10.6 Å². The smallest absolute Gasteiger partial charge is 0.305 e. The molecule has 0 unspecified atom stereocenters. The van der Waals surface area contributed by atoms with Crippen molar-refractivity contribution in [2.75, 3.05) is 20.2 Å². The minimum atomic E-state index is -0.158. The normalized spacial score (nSPS) is 14.8. The van der Waals surface area contributed by atoms with Gasteiger partial charge in [-0.25, -0.2) is 4.99 Å². The first-order valence-electron chi connectivity index (χ1n) is 10.5. The summed E-state index contributed by atoms with van der Waals surface area (Å²) in [6, 6.07) is 6.35. The number of ether oxygens (including phenoxy) is 2. The van der Waals surface area contributed by atoms with E-state index in [-0.39, 0.29) is 5.97 Å². The summed E-state index contributed by atoms with van der Waals surface area (Å²) in [6.07, 6.45) is 7.29. The molecule has 6 heteroatoms. The molecular formula is C22H35N3O3. The number of benzene rings is 1. The van der Waals surface area contributed by atoms with E-state index in [2.05, 4.69) is 47.4 Å². The molecule has 6 nitrogen and oxygen atoms in total. The Morgan fingerprint density at radius 3 is 2.71 bits per heavy atom. The van der Waals surface area contributed by atoms with Gasteiger partial charge in [0.15, 0.2) is 5.96 Å². The lowest BCUT2D eigenvalue weighted by molar-refractivity contribution is -0.140. The third-order valence-corrected chi connectivity index (χ3v) is 4.90. The fourth-order valence-electron chi connectivity index (χ4n) is 3.30. The number of nitrogens with one attached hydrogen (secondary N) is 2. The molecule has 0 aromatic heterocycles. The number of aliphatic imine (C=N–C) groups is 1. The standard InChI is InChI=1S/C22H35N3O3/c1-4-23-22(24-14-8-7-11-21(26)27-3)25-16-18-13-12-17(2)15-20(18)28-19-9-5-6-10-19/h12-13,15,19H,4-11,14,16H2,1-3H3,(H2,23,24,25). The van der Waals surface area contributed by atoms with Crippen LogP contribution in [0.25, 0.3) is 0 Å². The van der Waals surface area contributed by atoms with E-state index in [1.54, 1.807) is 0 Å². The fraction of sp³-hybridized carbons (Fsp3) is 0.636. The molecule has 1 aliphatic rings. The molecule has 2 rings (SSSR count). The number of aryl methyl sites for hydroxylation is 1. The second kappa shape index (κ2) is 12.3. The first-order valence-corrected chi connectivity index (χ1v) is 10.5. The summed E-state index contributed by atoms with van der Waals surface area (Å²) in [5, 5.41) is 6.61. The summed E-state index contributed by atoms with van der Waals surface area (Å²) < 4.78 is 10.9. The van der Waals surface area contributed by atoms with Crippen molar-refractivity contribution in [3.63, 3.8) is 0 Å². The van der Waals surface area contributed by atoms with Crippen molar-refractivity contribution in [2.24, 2.45) is 4.99 Å². The number of rotatable bonds is 10. The zero-order valence-electron chi connectivity index (χ0n) is 17.6. The van der Waals surface area contributed by atoms with Crippen LogP contribution >= 0.6 is 0 Å². The minimum Gasteiger partial charge on any atom is -0.490 e. The van der Waals surface area contributed by atoms with Crippen molar-refractivity contribution in [2.45, 2.75) is 71.4 Å². The first kappa shape index (κ1) is 22.1. The van der Waals surface area contributed by atoms with Gasteiger partial charge in [0.05, 0.1) is 19.8 Å². The van der Waals surface area contributed by atoms with Crippen molar-refractivity contribution in [3.8, 4) is 5.75 Å².